The maximum atomic E-state index is 12.7. The Morgan fingerprint density at radius 3 is 2.23 bits per heavy atom. The number of hydrogen-bond acceptors (Lipinski definition) is 5. The topological polar surface area (TPSA) is 122 Å². The first kappa shape index (κ1) is 22.8. The number of likely N-dealkylation sites (tertiary alicyclic amines) is 1. The van der Waals surface area contributed by atoms with E-state index in [1.54, 1.807) is 17.0 Å². The fourth-order valence-corrected chi connectivity index (χ4v) is 4.68. The summed E-state index contributed by atoms with van der Waals surface area (Å²) >= 11 is 5.97. The van der Waals surface area contributed by atoms with Crippen molar-refractivity contribution in [1.82, 2.24) is 4.90 Å². The molecule has 1 fully saturated rings. The Kier molecular flexibility index (Phi) is 7.01. The molecule has 2 amide bonds. The summed E-state index contributed by atoms with van der Waals surface area (Å²) in [6.07, 6.45) is 4.20. The molecule has 0 aromatic heterocycles. The maximum absolute atomic E-state index is 12.7. The quantitative estimate of drug-likeness (QED) is 0.485. The molecule has 9 nitrogen and oxygen atoms in total. The molecule has 0 aliphatic carbocycles. The lowest BCUT2D eigenvalue weighted by Crippen LogP contribution is -2.35. The Balaban J connectivity index is 1.72. The van der Waals surface area contributed by atoms with E-state index in [1.807, 2.05) is 0 Å². The predicted octanol–water partition coefficient (Wildman–Crippen LogP) is 4.77. The van der Waals surface area contributed by atoms with Crippen molar-refractivity contribution in [3.05, 3.63) is 57.1 Å². The zero-order valence-electron chi connectivity index (χ0n) is 16.9. The fraction of sp³-hybridized carbons (Fsp3) is 0.350. The van der Waals surface area contributed by atoms with Crippen molar-refractivity contribution in [2.24, 2.45) is 0 Å². The van der Waals surface area contributed by atoms with E-state index in [0.717, 1.165) is 44.8 Å². The first-order valence-corrected chi connectivity index (χ1v) is 11.7. The van der Waals surface area contributed by atoms with Gasteiger partial charge in [0, 0.05) is 36.1 Å². The van der Waals surface area contributed by atoms with E-state index >= 15 is 0 Å². The van der Waals surface area contributed by atoms with Crippen LogP contribution in [0.25, 0.3) is 0 Å². The van der Waals surface area contributed by atoms with Crippen molar-refractivity contribution in [3.63, 3.8) is 0 Å². The van der Waals surface area contributed by atoms with Crippen molar-refractivity contribution < 1.29 is 18.1 Å². The van der Waals surface area contributed by atoms with Gasteiger partial charge in [0.1, 0.15) is 0 Å². The van der Waals surface area contributed by atoms with E-state index in [4.69, 9.17) is 11.6 Å². The molecule has 2 N–H and O–H groups in total. The third kappa shape index (κ3) is 5.65. The summed E-state index contributed by atoms with van der Waals surface area (Å²) in [4.78, 5) is 24.4. The van der Waals surface area contributed by atoms with Gasteiger partial charge >= 0.3 is 6.03 Å². The van der Waals surface area contributed by atoms with E-state index in [0.29, 0.717) is 5.69 Å². The molecule has 0 unspecified atom stereocenters. The number of benzene rings is 2. The molecule has 1 saturated heterocycles. The van der Waals surface area contributed by atoms with Gasteiger partial charge in [-0.2, -0.15) is 0 Å². The van der Waals surface area contributed by atoms with Crippen LogP contribution in [0.5, 0.6) is 0 Å². The minimum absolute atomic E-state index is 0.0128. The molecule has 1 aliphatic rings. The number of nitrogens with one attached hydrogen (secondary N) is 2. The van der Waals surface area contributed by atoms with Gasteiger partial charge in [0.25, 0.3) is 15.7 Å². The van der Waals surface area contributed by atoms with Crippen molar-refractivity contribution in [2.75, 3.05) is 23.1 Å². The number of hydrogen-bond donors (Lipinski definition) is 2. The van der Waals surface area contributed by atoms with E-state index in [-0.39, 0.29) is 32.9 Å². The molecule has 31 heavy (non-hydrogen) atoms. The standard InChI is InChI=1S/C20H23ClN4O5S/c1-14-18(21)12-17(13-19(14)25(27)28)31(29,30)23-16-8-6-15(7-9-16)22-20(26)24-10-4-2-3-5-11-24/h6-9,12-13,23H,2-5,10-11H2,1H3,(H,22,26). The normalized spacial score (nSPS) is 14.6. The number of carbonyl (C=O) groups excluding carboxylic acids is 1. The molecule has 2 aromatic rings. The number of anilines is 2. The van der Waals surface area contributed by atoms with E-state index in [9.17, 15) is 23.3 Å². The summed E-state index contributed by atoms with van der Waals surface area (Å²) in [5, 5.41) is 14.0. The second-order valence-corrected chi connectivity index (χ2v) is 9.41. The van der Waals surface area contributed by atoms with Crippen LogP contribution in [-0.2, 0) is 10.0 Å². The van der Waals surface area contributed by atoms with Gasteiger partial charge < -0.3 is 10.2 Å². The number of rotatable bonds is 5. The van der Waals surface area contributed by atoms with Crippen LogP contribution >= 0.6 is 11.6 Å². The number of carbonyl (C=O) groups is 1. The Morgan fingerprint density at radius 2 is 1.65 bits per heavy atom. The summed E-state index contributed by atoms with van der Waals surface area (Å²) in [6.45, 7) is 2.88. The number of nitro benzene ring substituents is 1. The Hall–Kier alpha value is -2.85. The molecule has 0 spiro atoms. The monoisotopic (exact) mass is 466 g/mol. The van der Waals surface area contributed by atoms with Crippen LogP contribution in [0.2, 0.25) is 5.02 Å². The molecule has 11 heteroatoms. The number of nitrogens with zero attached hydrogens (tertiary/aromatic N) is 2. The lowest BCUT2D eigenvalue weighted by molar-refractivity contribution is -0.385. The molecular formula is C20H23ClN4O5S. The van der Waals surface area contributed by atoms with E-state index < -0.39 is 14.9 Å². The van der Waals surface area contributed by atoms with Gasteiger partial charge in [-0.05, 0) is 50.1 Å². The number of sulfonamides is 1. The third-order valence-electron chi connectivity index (χ3n) is 5.08. The lowest BCUT2D eigenvalue weighted by atomic mass is 10.2. The Labute approximate surface area is 185 Å². The van der Waals surface area contributed by atoms with Gasteiger partial charge in [-0.1, -0.05) is 24.4 Å². The van der Waals surface area contributed by atoms with Gasteiger partial charge in [0.2, 0.25) is 0 Å². The minimum Gasteiger partial charge on any atom is -0.325 e. The summed E-state index contributed by atoms with van der Waals surface area (Å²) < 4.78 is 27.7. The molecule has 166 valence electrons. The summed E-state index contributed by atoms with van der Waals surface area (Å²) in [5.74, 6) is 0. The van der Waals surface area contributed by atoms with Crippen LogP contribution in [0, 0.1) is 17.0 Å². The average molecular weight is 467 g/mol. The van der Waals surface area contributed by atoms with Gasteiger partial charge in [0.15, 0.2) is 0 Å². The first-order chi connectivity index (χ1) is 14.7. The molecule has 3 rings (SSSR count). The fourth-order valence-electron chi connectivity index (χ4n) is 3.30. The van der Waals surface area contributed by atoms with Crippen molar-refractivity contribution in [1.29, 1.82) is 0 Å². The first-order valence-electron chi connectivity index (χ1n) is 9.81. The van der Waals surface area contributed by atoms with Crippen LogP contribution < -0.4 is 10.0 Å². The van der Waals surface area contributed by atoms with E-state index in [1.165, 1.54) is 25.1 Å². The molecule has 0 saturated carbocycles. The highest BCUT2D eigenvalue weighted by Gasteiger charge is 2.23. The minimum atomic E-state index is -4.10. The lowest BCUT2D eigenvalue weighted by Gasteiger charge is -2.20. The summed E-state index contributed by atoms with van der Waals surface area (Å²) in [7, 11) is -4.10. The largest absolute Gasteiger partial charge is 0.325 e. The predicted molar refractivity (Wildman–Crippen MR) is 119 cm³/mol. The van der Waals surface area contributed by atoms with Crippen LogP contribution in [0.4, 0.5) is 21.9 Å². The smallest absolute Gasteiger partial charge is 0.321 e. The van der Waals surface area contributed by atoms with Gasteiger partial charge in [-0.3, -0.25) is 14.8 Å². The second-order valence-electron chi connectivity index (χ2n) is 7.32. The molecule has 0 bridgehead atoms. The van der Waals surface area contributed by atoms with Crippen LogP contribution in [0.3, 0.4) is 0 Å². The maximum Gasteiger partial charge on any atom is 0.321 e. The summed E-state index contributed by atoms with van der Waals surface area (Å²) in [5.41, 5.74) is 0.591. The van der Waals surface area contributed by atoms with E-state index in [2.05, 4.69) is 10.0 Å². The SMILES string of the molecule is Cc1c(Cl)cc(S(=O)(=O)Nc2ccc(NC(=O)N3CCCCCC3)cc2)cc1[N+](=O)[O-]. The van der Waals surface area contributed by atoms with Gasteiger partial charge in [-0.15, -0.1) is 0 Å². The molecular weight excluding hydrogens is 444 g/mol. The number of amides is 2. The zero-order chi connectivity index (χ0) is 22.6. The number of halogens is 1. The Bertz CT molecular complexity index is 1080. The Morgan fingerprint density at radius 1 is 1.06 bits per heavy atom. The highest BCUT2D eigenvalue weighted by Crippen LogP contribution is 2.30. The number of urea groups is 1. The molecule has 1 aliphatic heterocycles. The second kappa shape index (κ2) is 9.52. The number of nitro groups is 1. The van der Waals surface area contributed by atoms with Crippen molar-refractivity contribution in [2.45, 2.75) is 37.5 Å². The highest BCUT2D eigenvalue weighted by molar-refractivity contribution is 7.92. The average Bonchev–Trinajstić information content (AvgIpc) is 3.00. The molecule has 0 radical (unpaired) electrons. The van der Waals surface area contributed by atoms with Crippen LogP contribution in [-0.4, -0.2) is 37.4 Å². The molecule has 0 atom stereocenters. The van der Waals surface area contributed by atoms with Crippen LogP contribution in [0.15, 0.2) is 41.3 Å². The molecule has 1 heterocycles. The third-order valence-corrected chi connectivity index (χ3v) is 6.83. The molecule has 2 aromatic carbocycles. The van der Waals surface area contributed by atoms with Crippen LogP contribution in [0.1, 0.15) is 31.2 Å². The van der Waals surface area contributed by atoms with Crippen molar-refractivity contribution >= 4 is 44.7 Å². The van der Waals surface area contributed by atoms with Gasteiger partial charge in [0.05, 0.1) is 14.8 Å². The summed E-state index contributed by atoms with van der Waals surface area (Å²) in [6, 6.07) is 8.12. The zero-order valence-corrected chi connectivity index (χ0v) is 18.5. The highest BCUT2D eigenvalue weighted by atomic mass is 35.5. The van der Waals surface area contributed by atoms with Gasteiger partial charge in [-0.25, -0.2) is 13.2 Å². The van der Waals surface area contributed by atoms with Crippen molar-refractivity contribution in [3.8, 4) is 0 Å².